The Balaban J connectivity index is 2.14. The maximum absolute atomic E-state index is 5.94. The average Bonchev–Trinajstić information content (AvgIpc) is 2.45. The van der Waals surface area contributed by atoms with Crippen molar-refractivity contribution in [2.75, 3.05) is 0 Å². The molecule has 3 heteroatoms. The second-order valence-electron chi connectivity index (χ2n) is 6.33. The molecular weight excluding hydrogens is 260 g/mol. The number of rotatable bonds is 4. The number of benzene rings is 1. The van der Waals surface area contributed by atoms with E-state index in [4.69, 9.17) is 10.5 Å². The van der Waals surface area contributed by atoms with Crippen molar-refractivity contribution in [3.63, 3.8) is 0 Å². The SMILES string of the molecule is Cc1cc(C(C)(C)C)ccc1OCc1cccnc1CN. The molecule has 0 aliphatic rings. The molecule has 2 rings (SSSR count). The van der Waals surface area contributed by atoms with Crippen molar-refractivity contribution in [3.8, 4) is 5.75 Å². The monoisotopic (exact) mass is 284 g/mol. The molecule has 0 aliphatic heterocycles. The zero-order chi connectivity index (χ0) is 15.5. The molecule has 2 N–H and O–H groups in total. The van der Waals surface area contributed by atoms with Gasteiger partial charge in [0.05, 0.1) is 5.69 Å². The Labute approximate surface area is 127 Å². The molecule has 1 aromatic heterocycles. The first-order valence-corrected chi connectivity index (χ1v) is 7.28. The van der Waals surface area contributed by atoms with E-state index < -0.39 is 0 Å². The van der Waals surface area contributed by atoms with Gasteiger partial charge in [0, 0.05) is 18.3 Å². The Hall–Kier alpha value is -1.87. The molecule has 21 heavy (non-hydrogen) atoms. The summed E-state index contributed by atoms with van der Waals surface area (Å²) < 4.78 is 5.94. The van der Waals surface area contributed by atoms with Crippen LogP contribution in [0.5, 0.6) is 5.75 Å². The molecule has 1 heterocycles. The van der Waals surface area contributed by atoms with Crippen LogP contribution in [0.3, 0.4) is 0 Å². The smallest absolute Gasteiger partial charge is 0.122 e. The second kappa shape index (κ2) is 6.27. The van der Waals surface area contributed by atoms with Crippen molar-refractivity contribution >= 4 is 0 Å². The molecule has 0 aliphatic carbocycles. The lowest BCUT2D eigenvalue weighted by atomic mass is 9.86. The van der Waals surface area contributed by atoms with Gasteiger partial charge in [-0.2, -0.15) is 0 Å². The zero-order valence-corrected chi connectivity index (χ0v) is 13.3. The van der Waals surface area contributed by atoms with Crippen molar-refractivity contribution in [1.82, 2.24) is 4.98 Å². The number of ether oxygens (including phenoxy) is 1. The fourth-order valence-corrected chi connectivity index (χ4v) is 2.22. The predicted molar refractivity (Wildman–Crippen MR) is 86.3 cm³/mol. The summed E-state index contributed by atoms with van der Waals surface area (Å²) in [5.74, 6) is 0.912. The van der Waals surface area contributed by atoms with E-state index in [2.05, 4.69) is 50.9 Å². The van der Waals surface area contributed by atoms with E-state index in [-0.39, 0.29) is 5.41 Å². The lowest BCUT2D eigenvalue weighted by Crippen LogP contribution is -2.11. The molecule has 0 unspecified atom stereocenters. The molecule has 0 fully saturated rings. The molecule has 0 saturated carbocycles. The lowest BCUT2D eigenvalue weighted by molar-refractivity contribution is 0.302. The number of nitrogens with zero attached hydrogens (tertiary/aromatic N) is 1. The molecule has 0 spiro atoms. The van der Waals surface area contributed by atoms with Gasteiger partial charge in [0.2, 0.25) is 0 Å². The Morgan fingerprint density at radius 2 is 1.95 bits per heavy atom. The summed E-state index contributed by atoms with van der Waals surface area (Å²) in [5, 5.41) is 0. The van der Waals surface area contributed by atoms with Crippen LogP contribution in [-0.2, 0) is 18.6 Å². The van der Waals surface area contributed by atoms with Crippen molar-refractivity contribution in [3.05, 3.63) is 58.9 Å². The van der Waals surface area contributed by atoms with Crippen LogP contribution in [0.2, 0.25) is 0 Å². The first kappa shape index (κ1) is 15.5. The maximum Gasteiger partial charge on any atom is 0.122 e. The molecule has 0 saturated heterocycles. The van der Waals surface area contributed by atoms with Gasteiger partial charge >= 0.3 is 0 Å². The van der Waals surface area contributed by atoms with E-state index in [1.54, 1.807) is 6.20 Å². The average molecular weight is 284 g/mol. The Kier molecular flexibility index (Phi) is 4.63. The van der Waals surface area contributed by atoms with Crippen LogP contribution in [0, 0.1) is 6.92 Å². The standard InChI is InChI=1S/C18H24N2O/c1-13-10-15(18(2,3)4)7-8-17(13)21-12-14-6-5-9-20-16(14)11-19/h5-10H,11-12,19H2,1-4H3. The van der Waals surface area contributed by atoms with Crippen LogP contribution in [0.1, 0.15) is 43.2 Å². The lowest BCUT2D eigenvalue weighted by Gasteiger charge is -2.20. The third-order valence-electron chi connectivity index (χ3n) is 3.60. The normalized spacial score (nSPS) is 11.5. The van der Waals surface area contributed by atoms with Gasteiger partial charge in [-0.05, 0) is 35.6 Å². The van der Waals surface area contributed by atoms with Crippen LogP contribution < -0.4 is 10.5 Å². The van der Waals surface area contributed by atoms with E-state index in [1.165, 1.54) is 5.56 Å². The number of aromatic nitrogens is 1. The van der Waals surface area contributed by atoms with E-state index in [0.717, 1.165) is 22.6 Å². The highest BCUT2D eigenvalue weighted by Gasteiger charge is 2.14. The number of hydrogen-bond donors (Lipinski definition) is 1. The minimum Gasteiger partial charge on any atom is -0.489 e. The van der Waals surface area contributed by atoms with E-state index in [9.17, 15) is 0 Å². The van der Waals surface area contributed by atoms with Gasteiger partial charge in [0.15, 0.2) is 0 Å². The van der Waals surface area contributed by atoms with Crippen molar-refractivity contribution in [1.29, 1.82) is 0 Å². The summed E-state index contributed by atoms with van der Waals surface area (Å²) in [7, 11) is 0. The largest absolute Gasteiger partial charge is 0.489 e. The summed E-state index contributed by atoms with van der Waals surface area (Å²) in [6, 6.07) is 10.3. The molecule has 1 aromatic carbocycles. The molecule has 0 radical (unpaired) electrons. The molecule has 0 atom stereocenters. The van der Waals surface area contributed by atoms with Crippen LogP contribution in [0.4, 0.5) is 0 Å². The molecule has 2 aromatic rings. The van der Waals surface area contributed by atoms with Gasteiger partial charge in [-0.15, -0.1) is 0 Å². The number of hydrogen-bond acceptors (Lipinski definition) is 3. The summed E-state index contributed by atoms with van der Waals surface area (Å²) in [6.45, 7) is 9.65. The van der Waals surface area contributed by atoms with E-state index >= 15 is 0 Å². The minimum absolute atomic E-state index is 0.152. The first-order chi connectivity index (χ1) is 9.91. The summed E-state index contributed by atoms with van der Waals surface area (Å²) in [6.07, 6.45) is 1.76. The van der Waals surface area contributed by atoms with E-state index in [0.29, 0.717) is 13.2 Å². The van der Waals surface area contributed by atoms with Gasteiger partial charge in [0.25, 0.3) is 0 Å². The molecule has 3 nitrogen and oxygen atoms in total. The third-order valence-corrected chi connectivity index (χ3v) is 3.60. The van der Waals surface area contributed by atoms with Gasteiger partial charge in [-0.1, -0.05) is 39.0 Å². The van der Waals surface area contributed by atoms with Crippen molar-refractivity contribution < 1.29 is 4.74 Å². The number of aryl methyl sites for hydroxylation is 1. The molecular formula is C18H24N2O. The number of pyridine rings is 1. The predicted octanol–water partition coefficient (Wildman–Crippen LogP) is 3.73. The van der Waals surface area contributed by atoms with Crippen LogP contribution in [0.25, 0.3) is 0 Å². The topological polar surface area (TPSA) is 48.1 Å². The van der Waals surface area contributed by atoms with Crippen molar-refractivity contribution in [2.24, 2.45) is 5.73 Å². The minimum atomic E-state index is 0.152. The quantitative estimate of drug-likeness (QED) is 0.930. The maximum atomic E-state index is 5.94. The Morgan fingerprint density at radius 3 is 2.57 bits per heavy atom. The molecule has 0 amide bonds. The van der Waals surface area contributed by atoms with Gasteiger partial charge in [0.1, 0.15) is 12.4 Å². The van der Waals surface area contributed by atoms with Gasteiger partial charge in [-0.25, -0.2) is 0 Å². The summed E-state index contributed by atoms with van der Waals surface area (Å²) >= 11 is 0. The fourth-order valence-electron chi connectivity index (χ4n) is 2.22. The summed E-state index contributed by atoms with van der Waals surface area (Å²) in [4.78, 5) is 4.27. The second-order valence-corrected chi connectivity index (χ2v) is 6.33. The Bertz CT molecular complexity index is 615. The van der Waals surface area contributed by atoms with E-state index in [1.807, 2.05) is 12.1 Å². The highest BCUT2D eigenvalue weighted by atomic mass is 16.5. The molecule has 0 bridgehead atoms. The highest BCUT2D eigenvalue weighted by Crippen LogP contribution is 2.28. The third kappa shape index (κ3) is 3.82. The highest BCUT2D eigenvalue weighted by molar-refractivity contribution is 5.39. The van der Waals surface area contributed by atoms with Gasteiger partial charge in [-0.3, -0.25) is 4.98 Å². The van der Waals surface area contributed by atoms with Crippen LogP contribution >= 0.6 is 0 Å². The Morgan fingerprint density at radius 1 is 1.19 bits per heavy atom. The first-order valence-electron chi connectivity index (χ1n) is 7.28. The van der Waals surface area contributed by atoms with Gasteiger partial charge < -0.3 is 10.5 Å². The number of nitrogens with two attached hydrogens (primary N) is 1. The van der Waals surface area contributed by atoms with Crippen LogP contribution in [-0.4, -0.2) is 4.98 Å². The van der Waals surface area contributed by atoms with Crippen LogP contribution in [0.15, 0.2) is 36.5 Å². The zero-order valence-electron chi connectivity index (χ0n) is 13.3. The summed E-state index contributed by atoms with van der Waals surface area (Å²) in [5.41, 5.74) is 10.3. The fraction of sp³-hybridized carbons (Fsp3) is 0.389. The van der Waals surface area contributed by atoms with Crippen molar-refractivity contribution in [2.45, 2.75) is 46.3 Å². The molecule has 112 valence electrons.